The average Bonchev–Trinajstić information content (AvgIpc) is 2.22. The number of nitrogens with zero attached hydrogens (tertiary/aromatic N) is 1. The van der Waals surface area contributed by atoms with Gasteiger partial charge in [0.1, 0.15) is 0 Å². The van der Waals surface area contributed by atoms with Gasteiger partial charge in [0.05, 0.1) is 5.69 Å². The van der Waals surface area contributed by atoms with Crippen molar-refractivity contribution in [2.75, 3.05) is 5.32 Å². The SMILES string of the molecule is C/C=C/C(=O)Nc1ccc(N=C=O)cc1. The zero-order valence-corrected chi connectivity index (χ0v) is 8.23. The van der Waals surface area contributed by atoms with Gasteiger partial charge in [-0.1, -0.05) is 6.08 Å². The Kier molecular flexibility index (Phi) is 4.01. The number of carbonyl (C=O) groups is 1. The molecule has 0 fully saturated rings. The number of carbonyl (C=O) groups excluding carboxylic acids is 2. The fourth-order valence-corrected chi connectivity index (χ4v) is 1.01. The van der Waals surface area contributed by atoms with E-state index in [4.69, 9.17) is 0 Å². The van der Waals surface area contributed by atoms with Crippen LogP contribution < -0.4 is 5.32 Å². The molecule has 0 radical (unpaired) electrons. The minimum atomic E-state index is -0.191. The van der Waals surface area contributed by atoms with E-state index in [2.05, 4.69) is 10.3 Å². The first-order chi connectivity index (χ1) is 7.26. The predicted molar refractivity (Wildman–Crippen MR) is 57.7 cm³/mol. The van der Waals surface area contributed by atoms with Crippen molar-refractivity contribution in [3.05, 3.63) is 36.4 Å². The quantitative estimate of drug-likeness (QED) is 0.464. The predicted octanol–water partition coefficient (Wildman–Crippen LogP) is 2.17. The zero-order chi connectivity index (χ0) is 11.1. The van der Waals surface area contributed by atoms with E-state index < -0.39 is 0 Å². The molecule has 0 aliphatic rings. The first-order valence-corrected chi connectivity index (χ1v) is 4.38. The molecule has 1 rings (SSSR count). The van der Waals surface area contributed by atoms with Crippen molar-refractivity contribution in [2.24, 2.45) is 4.99 Å². The summed E-state index contributed by atoms with van der Waals surface area (Å²) in [5.41, 5.74) is 1.16. The minimum Gasteiger partial charge on any atom is -0.323 e. The van der Waals surface area contributed by atoms with Crippen molar-refractivity contribution >= 4 is 23.4 Å². The highest BCUT2D eigenvalue weighted by atomic mass is 16.1. The van der Waals surface area contributed by atoms with Gasteiger partial charge in [0.2, 0.25) is 12.0 Å². The molecule has 0 heterocycles. The fraction of sp³-hybridized carbons (Fsp3) is 0.0909. The highest BCUT2D eigenvalue weighted by Crippen LogP contribution is 2.15. The molecule has 1 aromatic rings. The smallest absolute Gasteiger partial charge is 0.248 e. The summed E-state index contributed by atoms with van der Waals surface area (Å²) < 4.78 is 0. The van der Waals surface area contributed by atoms with Gasteiger partial charge in [-0.15, -0.1) is 0 Å². The lowest BCUT2D eigenvalue weighted by molar-refractivity contribution is -0.111. The first-order valence-electron chi connectivity index (χ1n) is 4.38. The van der Waals surface area contributed by atoms with Gasteiger partial charge in [-0.25, -0.2) is 4.79 Å². The van der Waals surface area contributed by atoms with E-state index in [1.165, 1.54) is 12.2 Å². The third kappa shape index (κ3) is 3.58. The molecule has 1 N–H and O–H groups in total. The maximum absolute atomic E-state index is 11.1. The molecule has 4 nitrogen and oxygen atoms in total. The fourth-order valence-electron chi connectivity index (χ4n) is 1.01. The van der Waals surface area contributed by atoms with Crippen LogP contribution in [0.5, 0.6) is 0 Å². The van der Waals surface area contributed by atoms with Gasteiger partial charge < -0.3 is 5.32 Å². The highest BCUT2D eigenvalue weighted by Gasteiger charge is 1.96. The van der Waals surface area contributed by atoms with Crippen molar-refractivity contribution in [3.8, 4) is 0 Å². The molecule has 4 heteroatoms. The number of nitrogens with one attached hydrogen (secondary N) is 1. The lowest BCUT2D eigenvalue weighted by Gasteiger charge is -2.01. The summed E-state index contributed by atoms with van der Waals surface area (Å²) in [6, 6.07) is 6.57. The normalized spacial score (nSPS) is 9.67. The Morgan fingerprint density at radius 3 is 2.60 bits per heavy atom. The van der Waals surface area contributed by atoms with Crippen molar-refractivity contribution in [1.82, 2.24) is 0 Å². The number of anilines is 1. The summed E-state index contributed by atoms with van der Waals surface area (Å²) in [4.78, 5) is 24.5. The van der Waals surface area contributed by atoms with Crippen LogP contribution in [0.3, 0.4) is 0 Å². The van der Waals surface area contributed by atoms with E-state index in [9.17, 15) is 9.59 Å². The summed E-state index contributed by atoms with van der Waals surface area (Å²) in [6.45, 7) is 1.77. The Morgan fingerprint density at radius 1 is 1.40 bits per heavy atom. The molecule has 0 saturated heterocycles. The lowest BCUT2D eigenvalue weighted by Crippen LogP contribution is -2.07. The van der Waals surface area contributed by atoms with Crippen LogP contribution in [0.4, 0.5) is 11.4 Å². The van der Waals surface area contributed by atoms with Gasteiger partial charge in [0, 0.05) is 5.69 Å². The van der Waals surface area contributed by atoms with Crippen LogP contribution in [0.15, 0.2) is 41.4 Å². The molecule has 0 bridgehead atoms. The molecule has 0 aliphatic heterocycles. The molecule has 0 atom stereocenters. The number of aliphatic imine (C=N–C) groups is 1. The second-order valence-corrected chi connectivity index (χ2v) is 2.74. The third-order valence-corrected chi connectivity index (χ3v) is 1.63. The minimum absolute atomic E-state index is 0.191. The summed E-state index contributed by atoms with van der Waals surface area (Å²) in [5.74, 6) is -0.191. The molecule has 1 amide bonds. The Bertz CT molecular complexity index is 415. The summed E-state index contributed by atoms with van der Waals surface area (Å²) >= 11 is 0. The van der Waals surface area contributed by atoms with Crippen LogP contribution in [-0.4, -0.2) is 12.0 Å². The lowest BCUT2D eigenvalue weighted by atomic mass is 10.3. The van der Waals surface area contributed by atoms with Crippen LogP contribution in [-0.2, 0) is 9.59 Å². The van der Waals surface area contributed by atoms with Crippen molar-refractivity contribution in [3.63, 3.8) is 0 Å². The van der Waals surface area contributed by atoms with Crippen molar-refractivity contribution in [1.29, 1.82) is 0 Å². The number of amides is 1. The molecule has 1 aromatic carbocycles. The standard InChI is InChI=1S/C11H10N2O2/c1-2-3-11(15)13-10-6-4-9(5-7-10)12-8-14/h2-7H,1H3,(H,13,15)/b3-2+. The molecular weight excluding hydrogens is 192 g/mol. The highest BCUT2D eigenvalue weighted by molar-refractivity contribution is 5.99. The van der Waals surface area contributed by atoms with E-state index in [-0.39, 0.29) is 5.91 Å². The van der Waals surface area contributed by atoms with Gasteiger partial charge in [0.15, 0.2) is 0 Å². The van der Waals surface area contributed by atoms with E-state index in [0.717, 1.165) is 0 Å². The van der Waals surface area contributed by atoms with Gasteiger partial charge in [-0.05, 0) is 37.3 Å². The Morgan fingerprint density at radius 2 is 2.07 bits per heavy atom. The van der Waals surface area contributed by atoms with Gasteiger partial charge in [-0.3, -0.25) is 4.79 Å². The molecule has 0 unspecified atom stereocenters. The Labute approximate surface area is 87.3 Å². The second-order valence-electron chi connectivity index (χ2n) is 2.74. The number of hydrogen-bond donors (Lipinski definition) is 1. The third-order valence-electron chi connectivity index (χ3n) is 1.63. The number of rotatable bonds is 3. The van der Waals surface area contributed by atoms with E-state index in [1.807, 2.05) is 0 Å². The summed E-state index contributed by atoms with van der Waals surface area (Å²) in [5, 5.41) is 2.65. The molecule has 0 aliphatic carbocycles. The molecule has 15 heavy (non-hydrogen) atoms. The van der Waals surface area contributed by atoms with Crippen LogP contribution in [0.1, 0.15) is 6.92 Å². The van der Waals surface area contributed by atoms with Crippen LogP contribution >= 0.6 is 0 Å². The molecule has 0 spiro atoms. The van der Waals surface area contributed by atoms with Gasteiger partial charge >= 0.3 is 0 Å². The summed E-state index contributed by atoms with van der Waals surface area (Å²) in [6.07, 6.45) is 4.52. The Balaban J connectivity index is 2.72. The average molecular weight is 202 g/mol. The van der Waals surface area contributed by atoms with Crippen LogP contribution in [0.2, 0.25) is 0 Å². The maximum atomic E-state index is 11.1. The number of benzene rings is 1. The van der Waals surface area contributed by atoms with E-state index >= 15 is 0 Å². The number of allylic oxidation sites excluding steroid dienone is 1. The first kappa shape index (κ1) is 10.9. The topological polar surface area (TPSA) is 58.5 Å². The molecule has 0 aromatic heterocycles. The molecular formula is C11H10N2O2. The van der Waals surface area contributed by atoms with Crippen molar-refractivity contribution in [2.45, 2.75) is 6.92 Å². The van der Waals surface area contributed by atoms with Gasteiger partial charge in [0.25, 0.3) is 0 Å². The number of isocyanates is 1. The van der Waals surface area contributed by atoms with Crippen LogP contribution in [0.25, 0.3) is 0 Å². The van der Waals surface area contributed by atoms with Gasteiger partial charge in [-0.2, -0.15) is 4.99 Å². The monoisotopic (exact) mass is 202 g/mol. The Hall–Kier alpha value is -2.19. The second kappa shape index (κ2) is 5.52. The van der Waals surface area contributed by atoms with E-state index in [0.29, 0.717) is 11.4 Å². The largest absolute Gasteiger partial charge is 0.323 e. The molecule has 76 valence electrons. The van der Waals surface area contributed by atoms with E-state index in [1.54, 1.807) is 37.3 Å². The summed E-state index contributed by atoms with van der Waals surface area (Å²) in [7, 11) is 0. The van der Waals surface area contributed by atoms with Crippen molar-refractivity contribution < 1.29 is 9.59 Å². The number of hydrogen-bond acceptors (Lipinski definition) is 3. The molecule has 0 saturated carbocycles. The van der Waals surface area contributed by atoms with Crippen LogP contribution in [0, 0.1) is 0 Å². The zero-order valence-electron chi connectivity index (χ0n) is 8.23. The maximum Gasteiger partial charge on any atom is 0.248 e.